The van der Waals surface area contributed by atoms with Gasteiger partial charge in [0, 0.05) is 17.9 Å². The first kappa shape index (κ1) is 24.3. The van der Waals surface area contributed by atoms with Crippen LogP contribution >= 0.6 is 11.3 Å². The zero-order valence-corrected chi connectivity index (χ0v) is 20.6. The van der Waals surface area contributed by atoms with E-state index in [1.165, 1.54) is 30.4 Å². The fourth-order valence-electron chi connectivity index (χ4n) is 4.01. The Morgan fingerprint density at radius 1 is 1.00 bits per heavy atom. The van der Waals surface area contributed by atoms with E-state index in [0.29, 0.717) is 16.5 Å². The Hall–Kier alpha value is -3.84. The zero-order chi connectivity index (χ0) is 24.9. The number of carbonyl (C=O) groups excluding carboxylic acids is 2. The number of hydrogen-bond acceptors (Lipinski definition) is 4. The molecular formula is C28H26FN3O2S. The number of benzene rings is 3. The molecule has 0 radical (unpaired) electrons. The SMILES string of the molecule is CC(=O)N[C@@H](CC(=O)N(c1cc(C)cc(C)c1)c1nc(-c2ccc(F)cc2)cs1)c1ccccc1. The highest BCUT2D eigenvalue weighted by Gasteiger charge is 2.26. The Kier molecular flexibility index (Phi) is 7.36. The molecule has 4 aromatic rings. The van der Waals surface area contributed by atoms with Gasteiger partial charge in [0.15, 0.2) is 5.13 Å². The highest BCUT2D eigenvalue weighted by Crippen LogP contribution is 2.35. The van der Waals surface area contributed by atoms with Crippen molar-refractivity contribution in [3.05, 3.63) is 101 Å². The predicted octanol–water partition coefficient (Wildman–Crippen LogP) is 6.50. The lowest BCUT2D eigenvalue weighted by atomic mass is 10.0. The Morgan fingerprint density at radius 3 is 2.29 bits per heavy atom. The van der Waals surface area contributed by atoms with E-state index in [0.717, 1.165) is 22.3 Å². The average molecular weight is 488 g/mol. The van der Waals surface area contributed by atoms with E-state index in [1.807, 2.05) is 67.8 Å². The number of amides is 2. The minimum Gasteiger partial charge on any atom is -0.349 e. The van der Waals surface area contributed by atoms with Gasteiger partial charge in [0.05, 0.1) is 23.8 Å². The fraction of sp³-hybridized carbons (Fsp3) is 0.179. The quantitative estimate of drug-likeness (QED) is 0.324. The van der Waals surface area contributed by atoms with Crippen LogP contribution < -0.4 is 10.2 Å². The molecule has 35 heavy (non-hydrogen) atoms. The predicted molar refractivity (Wildman–Crippen MR) is 138 cm³/mol. The van der Waals surface area contributed by atoms with Gasteiger partial charge >= 0.3 is 0 Å². The summed E-state index contributed by atoms with van der Waals surface area (Å²) in [6, 6.07) is 21.0. The molecule has 7 heteroatoms. The summed E-state index contributed by atoms with van der Waals surface area (Å²) >= 11 is 1.34. The first-order valence-corrected chi connectivity index (χ1v) is 12.1. The van der Waals surface area contributed by atoms with Gasteiger partial charge in [-0.05, 0) is 66.9 Å². The van der Waals surface area contributed by atoms with Gasteiger partial charge in [-0.3, -0.25) is 14.5 Å². The van der Waals surface area contributed by atoms with Crippen LogP contribution in [0.5, 0.6) is 0 Å². The van der Waals surface area contributed by atoms with Gasteiger partial charge in [0.2, 0.25) is 11.8 Å². The van der Waals surface area contributed by atoms with Crippen LogP contribution in [-0.4, -0.2) is 16.8 Å². The zero-order valence-electron chi connectivity index (χ0n) is 19.8. The molecule has 1 atom stereocenters. The number of aryl methyl sites for hydroxylation is 2. The molecule has 1 N–H and O–H groups in total. The van der Waals surface area contributed by atoms with Crippen LogP contribution in [0.15, 0.2) is 78.2 Å². The minimum atomic E-state index is -0.480. The van der Waals surface area contributed by atoms with Gasteiger partial charge in [-0.1, -0.05) is 36.4 Å². The summed E-state index contributed by atoms with van der Waals surface area (Å²) in [6.45, 7) is 5.40. The first-order chi connectivity index (χ1) is 16.8. The van der Waals surface area contributed by atoms with E-state index in [9.17, 15) is 14.0 Å². The molecule has 4 rings (SSSR count). The molecule has 5 nitrogen and oxygen atoms in total. The highest BCUT2D eigenvalue weighted by molar-refractivity contribution is 7.14. The molecule has 0 saturated heterocycles. The number of nitrogens with one attached hydrogen (secondary N) is 1. The second kappa shape index (κ2) is 10.6. The van der Waals surface area contributed by atoms with E-state index < -0.39 is 6.04 Å². The van der Waals surface area contributed by atoms with E-state index in [4.69, 9.17) is 4.98 Å². The molecule has 1 aromatic heterocycles. The Labute approximate surface area is 208 Å². The normalized spacial score (nSPS) is 11.7. The molecule has 0 bridgehead atoms. The van der Waals surface area contributed by atoms with Crippen LogP contribution in [0.1, 0.15) is 36.1 Å². The molecule has 0 aliphatic rings. The number of hydrogen-bond donors (Lipinski definition) is 1. The summed E-state index contributed by atoms with van der Waals surface area (Å²) in [6.07, 6.45) is 0.0576. The molecule has 178 valence electrons. The monoisotopic (exact) mass is 487 g/mol. The molecule has 0 saturated carbocycles. The van der Waals surface area contributed by atoms with Crippen LogP contribution in [0.3, 0.4) is 0 Å². The maximum atomic E-state index is 13.8. The molecule has 0 aliphatic heterocycles. The van der Waals surface area contributed by atoms with Crippen molar-refractivity contribution in [2.75, 3.05) is 4.90 Å². The third kappa shape index (κ3) is 6.00. The van der Waals surface area contributed by atoms with Crippen molar-refractivity contribution in [1.29, 1.82) is 0 Å². The number of nitrogens with zero attached hydrogens (tertiary/aromatic N) is 2. The third-order valence-corrected chi connectivity index (χ3v) is 6.32. The number of carbonyl (C=O) groups is 2. The standard InChI is InChI=1S/C28H26FN3O2S/c1-18-13-19(2)15-24(14-18)32(28-31-26(17-35-28)22-9-11-23(29)12-10-22)27(34)16-25(30-20(3)33)21-7-5-4-6-8-21/h4-15,17,25H,16H2,1-3H3,(H,30,33)/t25-/m0/s1. The smallest absolute Gasteiger partial charge is 0.235 e. The topological polar surface area (TPSA) is 62.3 Å². The van der Waals surface area contributed by atoms with Crippen LogP contribution in [0.25, 0.3) is 11.3 Å². The number of aromatic nitrogens is 1. The summed E-state index contributed by atoms with van der Waals surface area (Å²) in [5.74, 6) is -0.726. The Balaban J connectivity index is 1.72. The van der Waals surface area contributed by atoms with Gasteiger partial charge < -0.3 is 5.32 Å². The highest BCUT2D eigenvalue weighted by atomic mass is 32.1. The number of rotatable bonds is 7. The Bertz CT molecular complexity index is 1320. The van der Waals surface area contributed by atoms with Crippen LogP contribution in [-0.2, 0) is 9.59 Å². The summed E-state index contributed by atoms with van der Waals surface area (Å²) in [4.78, 5) is 32.1. The van der Waals surface area contributed by atoms with Crippen LogP contribution in [0.2, 0.25) is 0 Å². The van der Waals surface area contributed by atoms with Gasteiger partial charge in [-0.15, -0.1) is 11.3 Å². The molecule has 0 unspecified atom stereocenters. The van der Waals surface area contributed by atoms with Crippen molar-refractivity contribution in [3.8, 4) is 11.3 Å². The second-order valence-electron chi connectivity index (χ2n) is 8.47. The average Bonchev–Trinajstić information content (AvgIpc) is 3.28. The third-order valence-electron chi connectivity index (χ3n) is 5.50. The lowest BCUT2D eigenvalue weighted by Crippen LogP contribution is -2.33. The van der Waals surface area contributed by atoms with E-state index in [1.54, 1.807) is 17.0 Å². The molecule has 0 spiro atoms. The summed E-state index contributed by atoms with van der Waals surface area (Å²) < 4.78 is 13.4. The largest absolute Gasteiger partial charge is 0.349 e. The van der Waals surface area contributed by atoms with E-state index in [-0.39, 0.29) is 24.1 Å². The molecule has 2 amide bonds. The number of halogens is 1. The van der Waals surface area contributed by atoms with Crippen molar-refractivity contribution >= 4 is 34.0 Å². The van der Waals surface area contributed by atoms with Crippen molar-refractivity contribution < 1.29 is 14.0 Å². The fourth-order valence-corrected chi connectivity index (χ4v) is 4.88. The lowest BCUT2D eigenvalue weighted by Gasteiger charge is -2.25. The minimum absolute atomic E-state index is 0.0576. The molecule has 0 fully saturated rings. The molecule has 0 aliphatic carbocycles. The van der Waals surface area contributed by atoms with E-state index >= 15 is 0 Å². The summed E-state index contributed by atoms with van der Waals surface area (Å²) in [7, 11) is 0. The summed E-state index contributed by atoms with van der Waals surface area (Å²) in [5, 5.41) is 5.27. The Morgan fingerprint density at radius 2 is 1.66 bits per heavy atom. The van der Waals surface area contributed by atoms with Crippen molar-refractivity contribution in [3.63, 3.8) is 0 Å². The van der Waals surface area contributed by atoms with Crippen molar-refractivity contribution in [1.82, 2.24) is 10.3 Å². The van der Waals surface area contributed by atoms with Gasteiger partial charge in [0.25, 0.3) is 0 Å². The molecular weight excluding hydrogens is 461 g/mol. The first-order valence-electron chi connectivity index (χ1n) is 11.2. The van der Waals surface area contributed by atoms with Crippen LogP contribution in [0.4, 0.5) is 15.2 Å². The number of anilines is 2. The van der Waals surface area contributed by atoms with Gasteiger partial charge in [-0.2, -0.15) is 0 Å². The maximum Gasteiger partial charge on any atom is 0.235 e. The van der Waals surface area contributed by atoms with Gasteiger partial charge in [0.1, 0.15) is 5.82 Å². The maximum absolute atomic E-state index is 13.8. The van der Waals surface area contributed by atoms with Crippen molar-refractivity contribution in [2.24, 2.45) is 0 Å². The second-order valence-corrected chi connectivity index (χ2v) is 9.30. The van der Waals surface area contributed by atoms with Crippen molar-refractivity contribution in [2.45, 2.75) is 33.2 Å². The van der Waals surface area contributed by atoms with E-state index in [2.05, 4.69) is 5.32 Å². The number of thiazole rings is 1. The van der Waals surface area contributed by atoms with Crippen LogP contribution in [0, 0.1) is 19.7 Å². The molecule has 3 aromatic carbocycles. The molecule has 1 heterocycles. The lowest BCUT2D eigenvalue weighted by molar-refractivity contribution is -0.121. The van der Waals surface area contributed by atoms with Gasteiger partial charge in [-0.25, -0.2) is 9.37 Å². The summed E-state index contributed by atoms with van der Waals surface area (Å²) in [5.41, 5.74) is 5.03.